The van der Waals surface area contributed by atoms with Crippen LogP contribution in [0.4, 0.5) is 35.0 Å². The van der Waals surface area contributed by atoms with Crippen LogP contribution in [0.15, 0.2) is 53.3 Å². The number of morpholine rings is 1. The highest BCUT2D eigenvalue weighted by Gasteiger charge is 2.50. The lowest BCUT2D eigenvalue weighted by Crippen LogP contribution is -2.50. The Labute approximate surface area is 257 Å². The van der Waals surface area contributed by atoms with Crippen molar-refractivity contribution in [1.82, 2.24) is 4.67 Å². The van der Waals surface area contributed by atoms with Crippen LogP contribution in [-0.4, -0.2) is 50.2 Å². The molecule has 1 fully saturated rings. The van der Waals surface area contributed by atoms with E-state index in [-0.39, 0.29) is 10.7 Å². The Morgan fingerprint density at radius 2 is 1.67 bits per heavy atom. The van der Waals surface area contributed by atoms with Crippen LogP contribution in [0.1, 0.15) is 29.5 Å². The maximum absolute atomic E-state index is 14.3. The van der Waals surface area contributed by atoms with Gasteiger partial charge in [-0.3, -0.25) is 0 Å². The lowest BCUT2D eigenvalue weighted by molar-refractivity contribution is -0.137. The maximum atomic E-state index is 14.3. The molecule has 7 nitrogen and oxygen atoms in total. The van der Waals surface area contributed by atoms with Crippen molar-refractivity contribution in [3.8, 4) is 5.75 Å². The molecule has 43 heavy (non-hydrogen) atoms. The van der Waals surface area contributed by atoms with Crippen molar-refractivity contribution in [3.63, 3.8) is 0 Å². The van der Waals surface area contributed by atoms with E-state index in [0.29, 0.717) is 42.8 Å². The number of ether oxygens (including phenoxy) is 2. The molecule has 1 saturated heterocycles. The van der Waals surface area contributed by atoms with Gasteiger partial charge in [0, 0.05) is 37.4 Å². The first-order valence-corrected chi connectivity index (χ1v) is 16.6. The first kappa shape index (κ1) is 29.0. The summed E-state index contributed by atoms with van der Waals surface area (Å²) >= 11 is 12.7. The molecule has 0 saturated carbocycles. The predicted molar refractivity (Wildman–Crippen MR) is 163 cm³/mol. The summed E-state index contributed by atoms with van der Waals surface area (Å²) in [5.74, 6) is 0.474. The van der Waals surface area contributed by atoms with Gasteiger partial charge >= 0.3 is 12.3 Å². The number of carbonyl (C=O) groups excluding carboxylic acids is 1. The highest BCUT2D eigenvalue weighted by Crippen LogP contribution is 2.64. The summed E-state index contributed by atoms with van der Waals surface area (Å²) in [4.78, 5) is 16.7. The van der Waals surface area contributed by atoms with Gasteiger partial charge in [0.25, 0.3) is 0 Å². The van der Waals surface area contributed by atoms with Crippen LogP contribution in [0.3, 0.4) is 0 Å². The van der Waals surface area contributed by atoms with Crippen LogP contribution < -0.4 is 19.6 Å². The van der Waals surface area contributed by atoms with E-state index >= 15 is 0 Å². The molecule has 0 aromatic heterocycles. The summed E-state index contributed by atoms with van der Waals surface area (Å²) in [6, 6.07) is 11.9. The molecule has 3 aromatic carbocycles. The fourth-order valence-electron chi connectivity index (χ4n) is 6.56. The second-order valence-electron chi connectivity index (χ2n) is 11.0. The summed E-state index contributed by atoms with van der Waals surface area (Å²) < 4.78 is 62.4. The largest absolute Gasteiger partial charge is 0.425 e. The van der Waals surface area contributed by atoms with Crippen molar-refractivity contribution < 1.29 is 27.4 Å². The molecule has 3 aromatic rings. The molecule has 1 atom stereocenters. The van der Waals surface area contributed by atoms with Crippen LogP contribution in [0.5, 0.6) is 5.75 Å². The third-order valence-corrected chi connectivity index (χ3v) is 12.7. The quantitative estimate of drug-likeness (QED) is 0.269. The Bertz CT molecular complexity index is 1680. The monoisotopic (exact) mass is 650 g/mol. The number of amides is 1. The molecule has 0 bridgehead atoms. The number of anilines is 2. The first-order valence-electron chi connectivity index (χ1n) is 14.2. The minimum atomic E-state index is -4.56. The van der Waals surface area contributed by atoms with Crippen LogP contribution in [-0.2, 0) is 23.8 Å². The van der Waals surface area contributed by atoms with Gasteiger partial charge in [-0.2, -0.15) is 13.2 Å². The van der Waals surface area contributed by atoms with E-state index in [0.717, 1.165) is 73.0 Å². The minimum Gasteiger partial charge on any atom is -0.408 e. The number of fused-ring (bicyclic) bond motifs is 2. The average Bonchev–Trinajstić information content (AvgIpc) is 3.00. The predicted octanol–water partition coefficient (Wildman–Crippen LogP) is 8.05. The summed E-state index contributed by atoms with van der Waals surface area (Å²) in [5.41, 5.74) is 2.93. The highest BCUT2D eigenvalue weighted by atomic mass is 35.5. The molecular weight excluding hydrogens is 623 g/mol. The van der Waals surface area contributed by atoms with Crippen molar-refractivity contribution >= 4 is 59.0 Å². The van der Waals surface area contributed by atoms with E-state index in [4.69, 9.17) is 37.4 Å². The number of hydrogen-bond donors (Lipinski definition) is 0. The molecule has 4 aliphatic rings. The number of hydrogen-bond acceptors (Lipinski definition) is 5. The number of halogens is 5. The Kier molecular flexibility index (Phi) is 7.42. The first-order chi connectivity index (χ1) is 20.7. The lowest BCUT2D eigenvalue weighted by atomic mass is 9.91. The molecule has 13 heteroatoms. The number of alkyl halides is 3. The Morgan fingerprint density at radius 3 is 2.42 bits per heavy atom. The van der Waals surface area contributed by atoms with Gasteiger partial charge in [-0.1, -0.05) is 29.3 Å². The van der Waals surface area contributed by atoms with Gasteiger partial charge in [-0.25, -0.2) is 18.9 Å². The number of benzene rings is 3. The van der Waals surface area contributed by atoms with Crippen molar-refractivity contribution in [2.75, 3.05) is 49.0 Å². The van der Waals surface area contributed by atoms with Crippen molar-refractivity contribution in [1.29, 1.82) is 0 Å². The number of nitrogens with zero attached hydrogens (tertiary/aromatic N) is 4. The Morgan fingerprint density at radius 1 is 0.907 bits per heavy atom. The fraction of sp³-hybridized carbons (Fsp3) is 0.367. The van der Waals surface area contributed by atoms with E-state index in [1.807, 2.05) is 0 Å². The van der Waals surface area contributed by atoms with Crippen LogP contribution >= 0.6 is 30.6 Å². The summed E-state index contributed by atoms with van der Waals surface area (Å²) in [6.07, 6.45) is -1.75. The molecule has 0 spiro atoms. The molecule has 4 heterocycles. The Hall–Kier alpha value is -2.75. The SMILES string of the molecule is O=C1Oc2c(cc3c4c2CCCN4CCC3)P(=Nc2cccc(C(F)(F)F)c2)(N2CCOCC2)N1c1ccc(Cl)c(Cl)c1. The van der Waals surface area contributed by atoms with E-state index in [1.165, 1.54) is 10.7 Å². The topological polar surface area (TPSA) is 57.6 Å². The average molecular weight is 651 g/mol. The lowest BCUT2D eigenvalue weighted by Gasteiger charge is -2.49. The smallest absolute Gasteiger partial charge is 0.408 e. The number of aryl methyl sites for hydroxylation is 1. The molecule has 0 N–H and O–H groups in total. The summed E-state index contributed by atoms with van der Waals surface area (Å²) in [6.45, 7) is 3.45. The second kappa shape index (κ2) is 11.0. The highest BCUT2D eigenvalue weighted by molar-refractivity contribution is 7.74. The second-order valence-corrected chi connectivity index (χ2v) is 14.6. The number of rotatable bonds is 3. The van der Waals surface area contributed by atoms with E-state index < -0.39 is 25.2 Å². The third kappa shape index (κ3) is 4.92. The van der Waals surface area contributed by atoms with Crippen LogP contribution in [0.25, 0.3) is 0 Å². The summed E-state index contributed by atoms with van der Waals surface area (Å²) in [5, 5.41) is 1.25. The Balaban J connectivity index is 1.59. The summed E-state index contributed by atoms with van der Waals surface area (Å²) in [7, 11) is -3.41. The zero-order valence-corrected chi connectivity index (χ0v) is 25.4. The van der Waals surface area contributed by atoms with Crippen LogP contribution in [0, 0.1) is 0 Å². The van der Waals surface area contributed by atoms with Gasteiger partial charge in [0.1, 0.15) is 5.75 Å². The molecule has 1 amide bonds. The standard InChI is InChI=1S/C30H28Cl2F3N4O3P/c31-24-9-8-22(18-25(24)32)39-29(40)42-28-23-7-3-11-37-10-2-4-19(27(23)37)16-26(28)43(39,38-12-14-41-15-13-38)36-21-6-1-5-20(17-21)30(33,34)35/h1,5-6,8-9,16-18H,2-4,7,10-15H2. The van der Waals surface area contributed by atoms with Gasteiger partial charge in [-0.05, 0) is 73.7 Å². The van der Waals surface area contributed by atoms with Crippen molar-refractivity contribution in [2.45, 2.75) is 31.9 Å². The minimum absolute atomic E-state index is 0.119. The number of carbonyl (C=O) groups is 1. The zero-order chi connectivity index (χ0) is 29.9. The van der Waals surface area contributed by atoms with Gasteiger partial charge in [0.2, 0.25) is 0 Å². The molecular formula is C30H28Cl2F3N4O3P. The van der Waals surface area contributed by atoms with Crippen molar-refractivity contribution in [2.24, 2.45) is 4.74 Å². The van der Waals surface area contributed by atoms with E-state index in [2.05, 4.69) is 15.6 Å². The molecule has 0 aliphatic carbocycles. The van der Waals surface area contributed by atoms with E-state index in [9.17, 15) is 18.0 Å². The molecule has 226 valence electrons. The molecule has 0 radical (unpaired) electrons. The fourth-order valence-corrected chi connectivity index (χ4v) is 10.6. The van der Waals surface area contributed by atoms with Gasteiger partial charge < -0.3 is 14.4 Å². The zero-order valence-electron chi connectivity index (χ0n) is 23.0. The normalized spacial score (nSPS) is 22.1. The molecule has 1 unspecified atom stereocenters. The van der Waals surface area contributed by atoms with Gasteiger partial charge in [-0.15, -0.1) is 0 Å². The van der Waals surface area contributed by atoms with Crippen molar-refractivity contribution in [3.05, 3.63) is 75.3 Å². The third-order valence-electron chi connectivity index (χ3n) is 8.38. The maximum Gasteiger partial charge on any atom is 0.425 e. The van der Waals surface area contributed by atoms with Crippen LogP contribution in [0.2, 0.25) is 10.0 Å². The molecule has 4 aliphatic heterocycles. The molecule has 7 rings (SSSR count). The van der Waals surface area contributed by atoms with Gasteiger partial charge in [0.05, 0.1) is 45.5 Å². The van der Waals surface area contributed by atoms with Gasteiger partial charge in [0.15, 0.2) is 7.36 Å². The van der Waals surface area contributed by atoms with E-state index in [1.54, 1.807) is 24.3 Å².